The second-order valence-electron chi connectivity index (χ2n) is 2.75. The van der Waals surface area contributed by atoms with E-state index in [9.17, 15) is 4.79 Å². The van der Waals surface area contributed by atoms with Crippen LogP contribution in [0.3, 0.4) is 0 Å². The lowest BCUT2D eigenvalue weighted by atomic mass is 10.3. The average Bonchev–Trinajstić information content (AvgIpc) is 2.45. The van der Waals surface area contributed by atoms with Crippen LogP contribution in [0.2, 0.25) is 0 Å². The largest absolute Gasteiger partial charge is 0.296 e. The molecule has 0 bridgehead atoms. The molecule has 0 saturated heterocycles. The van der Waals surface area contributed by atoms with E-state index in [1.807, 2.05) is 13.8 Å². The molecule has 3 nitrogen and oxygen atoms in total. The number of carbonyl (C=O) groups excluding carboxylic acids is 1. The number of aldehydes is 1. The lowest BCUT2D eigenvalue weighted by Gasteiger charge is -2.07. The second-order valence-corrected chi connectivity index (χ2v) is 2.75. The Hall–Kier alpha value is -1.38. The fourth-order valence-electron chi connectivity index (χ4n) is 1.05. The van der Waals surface area contributed by atoms with E-state index < -0.39 is 0 Å². The summed E-state index contributed by atoms with van der Waals surface area (Å²) in [7, 11) is 0. The minimum atomic E-state index is 0.0684. The Bertz CT molecular complexity index is 301. The molecule has 1 aromatic rings. The molecule has 1 heterocycles. The third kappa shape index (κ3) is 1.44. The molecule has 0 saturated carbocycles. The molecule has 64 valence electrons. The van der Waals surface area contributed by atoms with Crippen molar-refractivity contribution in [2.24, 2.45) is 0 Å². The third-order valence-electron chi connectivity index (χ3n) is 1.73. The second kappa shape index (κ2) is 3.34. The highest BCUT2D eigenvalue weighted by molar-refractivity contribution is 5.72. The first-order valence-corrected chi connectivity index (χ1v) is 3.83. The van der Waals surface area contributed by atoms with Crippen LogP contribution in [0.5, 0.6) is 0 Å². The molecule has 0 aromatic carbocycles. The molecule has 1 unspecified atom stereocenters. The third-order valence-corrected chi connectivity index (χ3v) is 1.73. The number of carbonyl (C=O) groups is 1. The van der Waals surface area contributed by atoms with Gasteiger partial charge in [-0.3, -0.25) is 9.48 Å². The van der Waals surface area contributed by atoms with Gasteiger partial charge in [-0.25, -0.2) is 0 Å². The van der Waals surface area contributed by atoms with Crippen LogP contribution in [0.15, 0.2) is 18.7 Å². The highest BCUT2D eigenvalue weighted by Gasteiger charge is 2.07. The molecule has 0 aliphatic carbocycles. The molecule has 1 atom stereocenters. The first-order chi connectivity index (χ1) is 5.69. The summed E-state index contributed by atoms with van der Waals surface area (Å²) >= 11 is 0. The monoisotopic (exact) mass is 164 g/mol. The lowest BCUT2D eigenvalue weighted by molar-refractivity contribution is 0.111. The van der Waals surface area contributed by atoms with E-state index in [-0.39, 0.29) is 6.04 Å². The van der Waals surface area contributed by atoms with Gasteiger partial charge in [0.25, 0.3) is 0 Å². The fourth-order valence-corrected chi connectivity index (χ4v) is 1.05. The maximum absolute atomic E-state index is 10.6. The Morgan fingerprint density at radius 2 is 2.42 bits per heavy atom. The van der Waals surface area contributed by atoms with Gasteiger partial charge in [0.05, 0.1) is 11.7 Å². The molecule has 0 amide bonds. The number of rotatable bonds is 3. The average molecular weight is 164 g/mol. The van der Waals surface area contributed by atoms with E-state index in [1.54, 1.807) is 16.8 Å². The first-order valence-electron chi connectivity index (χ1n) is 3.83. The minimum Gasteiger partial charge on any atom is -0.296 e. The van der Waals surface area contributed by atoms with Crippen molar-refractivity contribution in [3.63, 3.8) is 0 Å². The van der Waals surface area contributed by atoms with Gasteiger partial charge in [-0.15, -0.1) is 6.58 Å². The van der Waals surface area contributed by atoms with Gasteiger partial charge in [-0.2, -0.15) is 5.10 Å². The van der Waals surface area contributed by atoms with Crippen LogP contribution in [0.4, 0.5) is 0 Å². The number of hydrogen-bond acceptors (Lipinski definition) is 2. The zero-order valence-electron chi connectivity index (χ0n) is 7.32. The summed E-state index contributed by atoms with van der Waals surface area (Å²) in [6, 6.07) is 1.83. The molecule has 1 rings (SSSR count). The molecule has 0 aliphatic rings. The molecule has 0 aliphatic heterocycles. The van der Waals surface area contributed by atoms with Crippen molar-refractivity contribution in [2.75, 3.05) is 0 Å². The number of nitrogens with zero attached hydrogens (tertiary/aromatic N) is 2. The normalized spacial score (nSPS) is 12.5. The molecule has 0 fully saturated rings. The molecule has 0 radical (unpaired) electrons. The smallest absolute Gasteiger partial charge is 0.168 e. The zero-order chi connectivity index (χ0) is 9.14. The summed E-state index contributed by atoms with van der Waals surface area (Å²) < 4.78 is 1.66. The van der Waals surface area contributed by atoms with Gasteiger partial charge in [-0.1, -0.05) is 6.08 Å². The number of allylic oxidation sites excluding steroid dienone is 1. The molecule has 0 N–H and O–H groups in total. The van der Waals surface area contributed by atoms with Crippen molar-refractivity contribution in [1.82, 2.24) is 9.78 Å². The molecule has 12 heavy (non-hydrogen) atoms. The summed E-state index contributed by atoms with van der Waals surface area (Å²) in [4.78, 5) is 10.6. The Balaban J connectivity index is 3.11. The van der Waals surface area contributed by atoms with Crippen LogP contribution >= 0.6 is 0 Å². The van der Waals surface area contributed by atoms with Crippen molar-refractivity contribution in [3.8, 4) is 0 Å². The van der Waals surface area contributed by atoms with Crippen molar-refractivity contribution in [1.29, 1.82) is 0 Å². The predicted octanol–water partition coefficient (Wildman–Crippen LogP) is 1.75. The summed E-state index contributed by atoms with van der Waals surface area (Å²) in [5, 5.41) is 4.17. The standard InChI is InChI=1S/C9H12N2O/c1-4-8(3)11-9(6-12)5-7(2)10-11/h4-6,8H,1H2,2-3H3. The summed E-state index contributed by atoms with van der Waals surface area (Å²) in [5.41, 5.74) is 1.45. The van der Waals surface area contributed by atoms with Crippen molar-refractivity contribution in [3.05, 3.63) is 30.1 Å². The van der Waals surface area contributed by atoms with E-state index in [1.165, 1.54) is 0 Å². The molecular weight excluding hydrogens is 152 g/mol. The Morgan fingerprint density at radius 1 is 1.75 bits per heavy atom. The fraction of sp³-hybridized carbons (Fsp3) is 0.333. The number of aryl methyl sites for hydroxylation is 1. The highest BCUT2D eigenvalue weighted by Crippen LogP contribution is 2.09. The van der Waals surface area contributed by atoms with E-state index in [2.05, 4.69) is 11.7 Å². The van der Waals surface area contributed by atoms with Crippen LogP contribution in [0, 0.1) is 6.92 Å². The Kier molecular flexibility index (Phi) is 2.43. The van der Waals surface area contributed by atoms with Gasteiger partial charge >= 0.3 is 0 Å². The van der Waals surface area contributed by atoms with Gasteiger partial charge in [0.2, 0.25) is 0 Å². The molecule has 0 spiro atoms. The van der Waals surface area contributed by atoms with Crippen LogP contribution in [-0.4, -0.2) is 16.1 Å². The van der Waals surface area contributed by atoms with E-state index in [0.717, 1.165) is 12.0 Å². The predicted molar refractivity (Wildman–Crippen MR) is 47.3 cm³/mol. The maximum Gasteiger partial charge on any atom is 0.168 e. The molecule has 1 aromatic heterocycles. The Labute approximate surface area is 71.7 Å². The van der Waals surface area contributed by atoms with Gasteiger partial charge < -0.3 is 0 Å². The van der Waals surface area contributed by atoms with Gasteiger partial charge in [-0.05, 0) is 19.9 Å². The number of hydrogen-bond donors (Lipinski definition) is 0. The lowest BCUT2D eigenvalue weighted by Crippen LogP contribution is -2.07. The zero-order valence-corrected chi connectivity index (χ0v) is 7.32. The van der Waals surface area contributed by atoms with E-state index in [4.69, 9.17) is 0 Å². The van der Waals surface area contributed by atoms with Crippen molar-refractivity contribution in [2.45, 2.75) is 19.9 Å². The van der Waals surface area contributed by atoms with Crippen LogP contribution in [0.25, 0.3) is 0 Å². The van der Waals surface area contributed by atoms with Crippen LogP contribution in [0.1, 0.15) is 29.1 Å². The van der Waals surface area contributed by atoms with Crippen LogP contribution in [-0.2, 0) is 0 Å². The topological polar surface area (TPSA) is 34.9 Å². The van der Waals surface area contributed by atoms with Crippen molar-refractivity contribution >= 4 is 6.29 Å². The summed E-state index contributed by atoms with van der Waals surface area (Å²) in [6.45, 7) is 7.44. The Morgan fingerprint density at radius 3 is 2.92 bits per heavy atom. The highest BCUT2D eigenvalue weighted by atomic mass is 16.1. The van der Waals surface area contributed by atoms with Gasteiger partial charge in [0.1, 0.15) is 5.69 Å². The first kappa shape index (κ1) is 8.71. The van der Waals surface area contributed by atoms with Crippen LogP contribution < -0.4 is 0 Å². The molecule has 3 heteroatoms. The summed E-state index contributed by atoms with van der Waals surface area (Å²) in [6.07, 6.45) is 2.55. The quantitative estimate of drug-likeness (QED) is 0.504. The van der Waals surface area contributed by atoms with E-state index >= 15 is 0 Å². The molecular formula is C9H12N2O. The summed E-state index contributed by atoms with van der Waals surface area (Å²) in [5.74, 6) is 0. The maximum atomic E-state index is 10.6. The van der Waals surface area contributed by atoms with Crippen molar-refractivity contribution < 1.29 is 4.79 Å². The number of aromatic nitrogens is 2. The SMILES string of the molecule is C=CC(C)n1nc(C)cc1C=O. The minimum absolute atomic E-state index is 0.0684. The van der Waals surface area contributed by atoms with E-state index in [0.29, 0.717) is 5.69 Å². The van der Waals surface area contributed by atoms with Gasteiger partial charge in [0.15, 0.2) is 6.29 Å². The van der Waals surface area contributed by atoms with Gasteiger partial charge in [0, 0.05) is 0 Å².